The topological polar surface area (TPSA) is 101 Å². The van der Waals surface area contributed by atoms with Crippen LogP contribution in [0.4, 0.5) is 0 Å². The maximum Gasteiger partial charge on any atom is 0.258 e. The molecule has 0 fully saturated rings. The molecule has 0 bridgehead atoms. The third-order valence-corrected chi connectivity index (χ3v) is 5.61. The molecule has 5 aromatic rings. The van der Waals surface area contributed by atoms with Crippen LogP contribution in [0.25, 0.3) is 33.1 Å². The summed E-state index contributed by atoms with van der Waals surface area (Å²) in [6.45, 7) is 0.808. The summed E-state index contributed by atoms with van der Waals surface area (Å²) in [6, 6.07) is 22.0. The second-order valence-electron chi connectivity index (χ2n) is 7.86. The second-order valence-corrected chi connectivity index (χ2v) is 7.86. The second kappa shape index (κ2) is 9.29. The van der Waals surface area contributed by atoms with Gasteiger partial charge in [-0.2, -0.15) is 0 Å². The molecular formula is C26H22N4O4. The largest absolute Gasteiger partial charge is 0.383 e. The van der Waals surface area contributed by atoms with Crippen molar-refractivity contribution in [2.75, 3.05) is 20.3 Å². The Kier molecular flexibility index (Phi) is 5.88. The van der Waals surface area contributed by atoms with Gasteiger partial charge in [0.05, 0.1) is 29.4 Å². The van der Waals surface area contributed by atoms with E-state index in [2.05, 4.69) is 15.1 Å². The van der Waals surface area contributed by atoms with Crippen LogP contribution in [-0.4, -0.2) is 46.2 Å². The minimum absolute atomic E-state index is 0.134. The number of fused-ring (bicyclic) bond motifs is 2. The highest BCUT2D eigenvalue weighted by Crippen LogP contribution is 2.29. The summed E-state index contributed by atoms with van der Waals surface area (Å²) in [4.78, 5) is 34.9. The van der Waals surface area contributed by atoms with Crippen molar-refractivity contribution in [1.82, 2.24) is 20.0 Å². The zero-order valence-electron chi connectivity index (χ0n) is 18.5. The van der Waals surface area contributed by atoms with Gasteiger partial charge in [0.2, 0.25) is 0 Å². The number of benzene rings is 3. The van der Waals surface area contributed by atoms with Crippen LogP contribution in [0.5, 0.6) is 0 Å². The van der Waals surface area contributed by atoms with E-state index in [1.165, 1.54) is 0 Å². The molecule has 5 rings (SSSR count). The number of hydrogen-bond donors (Lipinski definition) is 1. The number of nitrogens with zero attached hydrogens (tertiary/aromatic N) is 3. The maximum absolute atomic E-state index is 13.5. The van der Waals surface area contributed by atoms with Crippen LogP contribution in [0.15, 0.2) is 82.1 Å². The van der Waals surface area contributed by atoms with Gasteiger partial charge in [-0.3, -0.25) is 9.59 Å². The van der Waals surface area contributed by atoms with E-state index in [9.17, 15) is 9.59 Å². The molecule has 0 aliphatic rings. The zero-order valence-corrected chi connectivity index (χ0v) is 18.5. The molecule has 2 aromatic heterocycles. The van der Waals surface area contributed by atoms with Crippen LogP contribution in [-0.2, 0) is 11.3 Å². The lowest BCUT2D eigenvalue weighted by Crippen LogP contribution is -2.34. The molecule has 2 heterocycles. The van der Waals surface area contributed by atoms with Crippen LogP contribution in [0.2, 0.25) is 0 Å². The van der Waals surface area contributed by atoms with Crippen molar-refractivity contribution >= 4 is 27.7 Å². The summed E-state index contributed by atoms with van der Waals surface area (Å²) in [5.41, 5.74) is 2.37. The van der Waals surface area contributed by atoms with E-state index in [1.807, 2.05) is 36.4 Å². The standard InChI is InChI=1S/C26H22N4O4/c1-33-14-13-30(16-23-27-21-10-6-5-9-19(21)25(31)28-23)26(32)18-11-12-22-20(15-18)24(34-29-22)17-7-3-2-4-8-17/h2-12,15H,13-14,16H2,1H3,(H,27,28,31). The van der Waals surface area contributed by atoms with Gasteiger partial charge < -0.3 is 19.1 Å². The first-order valence-corrected chi connectivity index (χ1v) is 10.8. The van der Waals surface area contributed by atoms with E-state index in [0.717, 1.165) is 10.9 Å². The number of methoxy groups -OCH3 is 1. The number of amides is 1. The van der Waals surface area contributed by atoms with E-state index in [0.29, 0.717) is 46.7 Å². The first-order chi connectivity index (χ1) is 16.6. The van der Waals surface area contributed by atoms with Gasteiger partial charge in [-0.05, 0) is 30.3 Å². The number of aromatic nitrogens is 3. The van der Waals surface area contributed by atoms with Crippen LogP contribution in [0.1, 0.15) is 16.2 Å². The third kappa shape index (κ3) is 4.18. The fourth-order valence-electron chi connectivity index (χ4n) is 3.90. The van der Waals surface area contributed by atoms with Gasteiger partial charge >= 0.3 is 0 Å². The number of carbonyl (C=O) groups excluding carboxylic acids is 1. The van der Waals surface area contributed by atoms with Crippen molar-refractivity contribution in [3.63, 3.8) is 0 Å². The minimum Gasteiger partial charge on any atom is -0.383 e. The molecule has 0 aliphatic carbocycles. The van der Waals surface area contributed by atoms with Crippen LogP contribution in [0.3, 0.4) is 0 Å². The first-order valence-electron chi connectivity index (χ1n) is 10.8. The van der Waals surface area contributed by atoms with E-state index < -0.39 is 0 Å². The molecule has 3 aromatic carbocycles. The molecule has 0 saturated heterocycles. The number of rotatable bonds is 7. The van der Waals surface area contributed by atoms with Crippen molar-refractivity contribution < 1.29 is 14.1 Å². The highest BCUT2D eigenvalue weighted by atomic mass is 16.5. The van der Waals surface area contributed by atoms with Gasteiger partial charge in [0.15, 0.2) is 5.76 Å². The van der Waals surface area contributed by atoms with Crippen molar-refractivity contribution in [2.45, 2.75) is 6.54 Å². The lowest BCUT2D eigenvalue weighted by molar-refractivity contribution is 0.0675. The summed E-state index contributed by atoms with van der Waals surface area (Å²) < 4.78 is 10.8. The number of ether oxygens (including phenoxy) is 1. The van der Waals surface area contributed by atoms with Crippen molar-refractivity contribution in [3.8, 4) is 11.3 Å². The zero-order chi connectivity index (χ0) is 23.5. The van der Waals surface area contributed by atoms with Crippen molar-refractivity contribution in [3.05, 3.63) is 94.5 Å². The number of aromatic amines is 1. The smallest absolute Gasteiger partial charge is 0.258 e. The third-order valence-electron chi connectivity index (χ3n) is 5.61. The summed E-state index contributed by atoms with van der Waals surface area (Å²) >= 11 is 0. The molecule has 170 valence electrons. The fraction of sp³-hybridized carbons (Fsp3) is 0.154. The average molecular weight is 454 g/mol. The summed E-state index contributed by atoms with van der Waals surface area (Å²) in [5.74, 6) is 0.799. The molecule has 0 spiro atoms. The van der Waals surface area contributed by atoms with E-state index >= 15 is 0 Å². The first kappa shape index (κ1) is 21.5. The molecule has 8 nitrogen and oxygen atoms in total. The van der Waals surface area contributed by atoms with Crippen molar-refractivity contribution in [2.24, 2.45) is 0 Å². The Morgan fingerprint density at radius 3 is 2.62 bits per heavy atom. The molecule has 0 radical (unpaired) electrons. The van der Waals surface area contributed by atoms with Crippen LogP contribution in [0, 0.1) is 0 Å². The van der Waals surface area contributed by atoms with Gasteiger partial charge in [-0.15, -0.1) is 0 Å². The number of nitrogens with one attached hydrogen (secondary N) is 1. The SMILES string of the molecule is COCCN(Cc1nc2ccccc2c(=O)[nH]1)C(=O)c1ccc2noc(-c3ccccc3)c2c1. The molecular weight excluding hydrogens is 432 g/mol. The van der Waals surface area contributed by atoms with Gasteiger partial charge in [-0.1, -0.05) is 47.6 Å². The predicted octanol–water partition coefficient (Wildman–Crippen LogP) is 4.02. The molecule has 8 heteroatoms. The number of para-hydroxylation sites is 1. The number of carbonyl (C=O) groups is 1. The predicted molar refractivity (Wildman–Crippen MR) is 128 cm³/mol. The Bertz CT molecular complexity index is 1520. The van der Waals surface area contributed by atoms with Gasteiger partial charge in [0, 0.05) is 24.8 Å². The lowest BCUT2D eigenvalue weighted by atomic mass is 10.1. The van der Waals surface area contributed by atoms with Gasteiger partial charge in [-0.25, -0.2) is 4.98 Å². The van der Waals surface area contributed by atoms with Gasteiger partial charge in [0.1, 0.15) is 11.3 Å². The summed E-state index contributed by atoms with van der Waals surface area (Å²) in [7, 11) is 1.58. The summed E-state index contributed by atoms with van der Waals surface area (Å²) in [6.07, 6.45) is 0. The van der Waals surface area contributed by atoms with E-state index in [-0.39, 0.29) is 18.0 Å². The Labute approximate surface area is 194 Å². The Morgan fingerprint density at radius 1 is 1.00 bits per heavy atom. The molecule has 0 aliphatic heterocycles. The normalized spacial score (nSPS) is 11.2. The molecule has 0 unspecified atom stereocenters. The Morgan fingerprint density at radius 2 is 1.79 bits per heavy atom. The van der Waals surface area contributed by atoms with Crippen LogP contribution >= 0.6 is 0 Å². The molecule has 0 atom stereocenters. The van der Waals surface area contributed by atoms with Crippen LogP contribution < -0.4 is 5.56 Å². The minimum atomic E-state index is -0.238. The van der Waals surface area contributed by atoms with E-state index in [1.54, 1.807) is 48.4 Å². The molecule has 1 N–H and O–H groups in total. The lowest BCUT2D eigenvalue weighted by Gasteiger charge is -2.22. The fourth-order valence-corrected chi connectivity index (χ4v) is 3.90. The Hall–Kier alpha value is -4.30. The van der Waals surface area contributed by atoms with E-state index in [4.69, 9.17) is 9.26 Å². The quantitative estimate of drug-likeness (QED) is 0.399. The highest BCUT2D eigenvalue weighted by Gasteiger charge is 2.20. The highest BCUT2D eigenvalue weighted by molar-refractivity contribution is 6.01. The average Bonchev–Trinajstić information content (AvgIpc) is 3.30. The number of H-pyrrole nitrogens is 1. The molecule has 1 amide bonds. The molecule has 34 heavy (non-hydrogen) atoms. The van der Waals surface area contributed by atoms with Gasteiger partial charge in [0.25, 0.3) is 11.5 Å². The number of hydrogen-bond acceptors (Lipinski definition) is 6. The summed E-state index contributed by atoms with van der Waals surface area (Å²) in [5, 5.41) is 5.38. The van der Waals surface area contributed by atoms with Crippen molar-refractivity contribution in [1.29, 1.82) is 0 Å². The monoisotopic (exact) mass is 454 g/mol. The Balaban J connectivity index is 1.49. The molecule has 0 saturated carbocycles. The maximum atomic E-state index is 13.5.